The molecule has 0 bridgehead atoms. The van der Waals surface area contributed by atoms with Crippen molar-refractivity contribution in [3.63, 3.8) is 0 Å². The zero-order valence-electron chi connectivity index (χ0n) is 19.2. The van der Waals surface area contributed by atoms with E-state index in [9.17, 15) is 23.1 Å². The minimum Gasteiger partial charge on any atom is -0.427 e. The predicted octanol–water partition coefficient (Wildman–Crippen LogP) is 6.77. The van der Waals surface area contributed by atoms with E-state index in [0.29, 0.717) is 18.5 Å². The Bertz CT molecular complexity index is 1070. The maximum absolute atomic E-state index is 14.4. The second-order valence-corrected chi connectivity index (χ2v) is 10.1. The quantitative estimate of drug-likeness (QED) is 0.451. The number of hydrogen-bond donors (Lipinski definition) is 1. The van der Waals surface area contributed by atoms with E-state index >= 15 is 0 Å². The number of hydroxylamine groups is 2. The highest BCUT2D eigenvalue weighted by Crippen LogP contribution is 2.50. The molecule has 1 aliphatic rings. The van der Waals surface area contributed by atoms with E-state index < -0.39 is 29.5 Å². The summed E-state index contributed by atoms with van der Waals surface area (Å²) in [6, 6.07) is 8.27. The van der Waals surface area contributed by atoms with Crippen molar-refractivity contribution in [2.24, 2.45) is 0 Å². The Morgan fingerprint density at radius 3 is 2.35 bits per heavy atom. The summed E-state index contributed by atoms with van der Waals surface area (Å²) in [5.41, 5.74) is -2.90. The Hall–Kier alpha value is -2.00. The van der Waals surface area contributed by atoms with E-state index in [4.69, 9.17) is 32.8 Å². The largest absolute Gasteiger partial charge is 0.528 e. The van der Waals surface area contributed by atoms with Crippen LogP contribution in [0.15, 0.2) is 36.4 Å². The molecule has 2 unspecified atom stereocenters. The maximum atomic E-state index is 14.4. The predicted molar refractivity (Wildman–Crippen MR) is 123 cm³/mol. The standard InChI is InChI=1S/C24H26Cl2F3NO4/c1-14(19-8-7-18(25)12-20(19)26)23(32,24(27,28)29)17-6-5-15-9-10-30(13-16(15)11-17)34-21(31)33-22(2,3)4/h5-8,11-12,14,32H,9-10,13H2,1-4H3. The van der Waals surface area contributed by atoms with Gasteiger partial charge in [-0.1, -0.05) is 54.4 Å². The average Bonchev–Trinajstić information content (AvgIpc) is 2.70. The Morgan fingerprint density at radius 2 is 1.76 bits per heavy atom. The molecule has 2 atom stereocenters. The van der Waals surface area contributed by atoms with Gasteiger partial charge in [0.25, 0.3) is 0 Å². The second-order valence-electron chi connectivity index (χ2n) is 9.30. The van der Waals surface area contributed by atoms with Gasteiger partial charge in [-0.3, -0.25) is 0 Å². The first-order chi connectivity index (χ1) is 15.6. The lowest BCUT2D eigenvalue weighted by Crippen LogP contribution is -2.47. The molecule has 1 heterocycles. The fourth-order valence-corrected chi connectivity index (χ4v) is 4.53. The van der Waals surface area contributed by atoms with Crippen molar-refractivity contribution in [3.05, 3.63) is 68.7 Å². The lowest BCUT2D eigenvalue weighted by molar-refractivity contribution is -0.274. The molecule has 5 nitrogen and oxygen atoms in total. The topological polar surface area (TPSA) is 59.0 Å². The highest BCUT2D eigenvalue weighted by molar-refractivity contribution is 6.35. The number of nitrogens with zero attached hydrogens (tertiary/aromatic N) is 1. The van der Waals surface area contributed by atoms with Crippen LogP contribution in [0.25, 0.3) is 0 Å². The number of carbonyl (C=O) groups is 1. The molecule has 0 saturated carbocycles. The summed E-state index contributed by atoms with van der Waals surface area (Å²) >= 11 is 12.1. The van der Waals surface area contributed by atoms with Crippen LogP contribution >= 0.6 is 23.2 Å². The van der Waals surface area contributed by atoms with E-state index in [1.54, 1.807) is 26.8 Å². The van der Waals surface area contributed by atoms with Gasteiger partial charge in [-0.15, -0.1) is 5.06 Å². The molecule has 2 aromatic rings. The third kappa shape index (κ3) is 5.62. The zero-order chi connectivity index (χ0) is 25.5. The monoisotopic (exact) mass is 519 g/mol. The molecule has 0 saturated heterocycles. The molecule has 1 aliphatic heterocycles. The van der Waals surface area contributed by atoms with Crippen molar-refractivity contribution in [3.8, 4) is 0 Å². The highest BCUT2D eigenvalue weighted by atomic mass is 35.5. The summed E-state index contributed by atoms with van der Waals surface area (Å²) in [5, 5.41) is 12.8. The number of carbonyl (C=O) groups excluding carboxylic acids is 1. The molecule has 0 aromatic heterocycles. The molecule has 3 rings (SSSR count). The van der Waals surface area contributed by atoms with Crippen molar-refractivity contribution in [2.75, 3.05) is 6.54 Å². The van der Waals surface area contributed by atoms with Crippen LogP contribution in [0.5, 0.6) is 0 Å². The van der Waals surface area contributed by atoms with Crippen molar-refractivity contribution in [2.45, 2.75) is 64.0 Å². The van der Waals surface area contributed by atoms with Crippen molar-refractivity contribution < 1.29 is 32.6 Å². The van der Waals surface area contributed by atoms with Crippen LogP contribution in [0.4, 0.5) is 18.0 Å². The van der Waals surface area contributed by atoms with Crippen LogP contribution in [-0.4, -0.2) is 34.6 Å². The van der Waals surface area contributed by atoms with Gasteiger partial charge in [0.1, 0.15) is 5.60 Å². The molecule has 0 amide bonds. The average molecular weight is 520 g/mol. The molecular weight excluding hydrogens is 494 g/mol. The number of fused-ring (bicyclic) bond motifs is 1. The van der Waals surface area contributed by atoms with Gasteiger partial charge < -0.3 is 14.7 Å². The zero-order valence-corrected chi connectivity index (χ0v) is 20.7. The van der Waals surface area contributed by atoms with Crippen LogP contribution in [0.1, 0.15) is 55.9 Å². The fraction of sp³-hybridized carbons (Fsp3) is 0.458. The molecule has 2 aromatic carbocycles. The molecule has 0 radical (unpaired) electrons. The maximum Gasteiger partial charge on any atom is 0.528 e. The number of benzene rings is 2. The lowest BCUT2D eigenvalue weighted by atomic mass is 9.76. The van der Waals surface area contributed by atoms with Crippen molar-refractivity contribution >= 4 is 29.4 Å². The first kappa shape index (κ1) is 26.6. The Kier molecular flexibility index (Phi) is 7.49. The van der Waals surface area contributed by atoms with E-state index in [-0.39, 0.29) is 27.7 Å². The Morgan fingerprint density at radius 1 is 1.09 bits per heavy atom. The molecule has 0 spiro atoms. The second kappa shape index (κ2) is 9.57. The van der Waals surface area contributed by atoms with Gasteiger partial charge in [-0.05, 0) is 61.6 Å². The van der Waals surface area contributed by atoms with Gasteiger partial charge in [0, 0.05) is 22.5 Å². The summed E-state index contributed by atoms with van der Waals surface area (Å²) in [6.07, 6.45) is -5.46. The third-order valence-electron chi connectivity index (χ3n) is 5.70. The summed E-state index contributed by atoms with van der Waals surface area (Å²) in [5.74, 6) is -1.44. The third-order valence-corrected chi connectivity index (χ3v) is 6.27. The molecule has 1 N–H and O–H groups in total. The minimum atomic E-state index is -5.01. The number of ether oxygens (including phenoxy) is 1. The molecule has 34 heavy (non-hydrogen) atoms. The Balaban J connectivity index is 1.94. The van der Waals surface area contributed by atoms with Gasteiger partial charge >= 0.3 is 12.3 Å². The SMILES string of the molecule is CC(c1ccc(Cl)cc1Cl)C(O)(c1ccc2c(c1)CN(OC(=O)OC(C)(C)C)CC2)C(F)(F)F. The summed E-state index contributed by atoms with van der Waals surface area (Å²) < 4.78 is 48.2. The fourth-order valence-electron chi connectivity index (χ4n) is 3.96. The smallest absolute Gasteiger partial charge is 0.427 e. The highest BCUT2D eigenvalue weighted by Gasteiger charge is 2.59. The van der Waals surface area contributed by atoms with Crippen LogP contribution in [0, 0.1) is 0 Å². The Labute approximate surface area is 206 Å². The molecule has 0 aliphatic carbocycles. The number of hydrogen-bond acceptors (Lipinski definition) is 5. The van der Waals surface area contributed by atoms with Gasteiger partial charge in [0.15, 0.2) is 5.60 Å². The number of halogens is 5. The van der Waals surface area contributed by atoms with Crippen molar-refractivity contribution in [1.29, 1.82) is 0 Å². The number of alkyl halides is 3. The molecule has 10 heteroatoms. The lowest BCUT2D eigenvalue weighted by Gasteiger charge is -2.38. The van der Waals surface area contributed by atoms with Gasteiger partial charge in [-0.2, -0.15) is 13.2 Å². The normalized spacial score (nSPS) is 17.5. The van der Waals surface area contributed by atoms with Crippen LogP contribution in [0.3, 0.4) is 0 Å². The molecule has 0 fully saturated rings. The molecule has 186 valence electrons. The summed E-state index contributed by atoms with van der Waals surface area (Å²) in [6.45, 7) is 6.74. The molecular formula is C24H26Cl2F3NO4. The van der Waals surface area contributed by atoms with Crippen LogP contribution in [-0.2, 0) is 28.1 Å². The van der Waals surface area contributed by atoms with E-state index in [0.717, 1.165) is 5.56 Å². The van der Waals surface area contributed by atoms with Gasteiger partial charge in [-0.25, -0.2) is 4.79 Å². The van der Waals surface area contributed by atoms with Gasteiger partial charge in [0.05, 0.1) is 6.54 Å². The first-order valence-corrected chi connectivity index (χ1v) is 11.4. The minimum absolute atomic E-state index is 0.0255. The van der Waals surface area contributed by atoms with E-state index in [1.165, 1.54) is 42.3 Å². The van der Waals surface area contributed by atoms with E-state index in [2.05, 4.69) is 0 Å². The van der Waals surface area contributed by atoms with E-state index in [1.807, 2.05) is 0 Å². The number of rotatable bonds is 4. The van der Waals surface area contributed by atoms with Crippen LogP contribution < -0.4 is 0 Å². The summed E-state index contributed by atoms with van der Waals surface area (Å²) in [7, 11) is 0. The summed E-state index contributed by atoms with van der Waals surface area (Å²) in [4.78, 5) is 17.2. The van der Waals surface area contributed by atoms with Crippen LogP contribution in [0.2, 0.25) is 10.0 Å². The number of aliphatic hydroxyl groups is 1. The first-order valence-electron chi connectivity index (χ1n) is 10.6. The van der Waals surface area contributed by atoms with Crippen molar-refractivity contribution in [1.82, 2.24) is 5.06 Å². The van der Waals surface area contributed by atoms with Gasteiger partial charge in [0.2, 0.25) is 0 Å².